The third kappa shape index (κ3) is 6.89. The van der Waals surface area contributed by atoms with Gasteiger partial charge in [0, 0.05) is 45.6 Å². The number of carbonyl (C=O) groups is 1. The number of hydrogen-bond donors (Lipinski definition) is 0. The summed E-state index contributed by atoms with van der Waals surface area (Å²) in [5.74, 6) is -0.604. The van der Waals surface area contributed by atoms with Gasteiger partial charge in [-0.15, -0.1) is 0 Å². The number of carbonyl (C=O) groups excluding carboxylic acids is 1. The molecule has 0 aromatic heterocycles. The van der Waals surface area contributed by atoms with E-state index >= 15 is 0 Å². The first-order valence-corrected chi connectivity index (χ1v) is 10.6. The summed E-state index contributed by atoms with van der Waals surface area (Å²) in [6, 6.07) is 13.2. The van der Waals surface area contributed by atoms with E-state index in [1.165, 1.54) is 31.2 Å². The van der Waals surface area contributed by atoms with Gasteiger partial charge in [0.2, 0.25) is 0 Å². The standard InChI is InChI=1S/C24H30F2N2O2/c1-19(29)30-18-17-28-15-13-27(14-16-28)12-2-3-24(20-4-8-22(25)9-5-20)21-6-10-23(26)11-7-21/h4-11,24H,2-3,12-18H2,1H3. The molecule has 4 nitrogen and oxygen atoms in total. The largest absolute Gasteiger partial charge is 0.465 e. The van der Waals surface area contributed by atoms with Crippen LogP contribution in [0.1, 0.15) is 36.8 Å². The number of piperazine rings is 1. The highest BCUT2D eigenvalue weighted by Crippen LogP contribution is 2.29. The Labute approximate surface area is 177 Å². The molecule has 30 heavy (non-hydrogen) atoms. The van der Waals surface area contributed by atoms with Crippen LogP contribution in [0.3, 0.4) is 0 Å². The summed E-state index contributed by atoms with van der Waals surface area (Å²) in [4.78, 5) is 15.6. The Morgan fingerprint density at radius 3 is 1.80 bits per heavy atom. The van der Waals surface area contributed by atoms with Crippen molar-refractivity contribution in [2.75, 3.05) is 45.9 Å². The Bertz CT molecular complexity index is 742. The number of esters is 1. The van der Waals surface area contributed by atoms with Crippen LogP contribution in [0, 0.1) is 11.6 Å². The minimum Gasteiger partial charge on any atom is -0.465 e. The van der Waals surface area contributed by atoms with Crippen molar-refractivity contribution in [1.82, 2.24) is 9.80 Å². The Balaban J connectivity index is 1.50. The molecule has 0 radical (unpaired) electrons. The molecule has 162 valence electrons. The molecule has 1 fully saturated rings. The Kier molecular flexibility index (Phi) is 8.34. The predicted octanol–water partition coefficient (Wildman–Crippen LogP) is 4.06. The molecular formula is C24H30F2N2O2. The second-order valence-corrected chi connectivity index (χ2v) is 7.82. The van der Waals surface area contributed by atoms with E-state index in [0.29, 0.717) is 6.61 Å². The van der Waals surface area contributed by atoms with Crippen molar-refractivity contribution in [3.05, 3.63) is 71.3 Å². The third-order valence-electron chi connectivity index (χ3n) is 5.69. The van der Waals surface area contributed by atoms with Crippen molar-refractivity contribution in [3.63, 3.8) is 0 Å². The minimum atomic E-state index is -0.247. The summed E-state index contributed by atoms with van der Waals surface area (Å²) in [6.07, 6.45) is 1.93. The number of hydrogen-bond acceptors (Lipinski definition) is 4. The maximum atomic E-state index is 13.4. The van der Waals surface area contributed by atoms with Gasteiger partial charge in [0.15, 0.2) is 0 Å². The smallest absolute Gasteiger partial charge is 0.302 e. The molecule has 1 aliphatic rings. The third-order valence-corrected chi connectivity index (χ3v) is 5.69. The fourth-order valence-corrected chi connectivity index (χ4v) is 3.99. The summed E-state index contributed by atoms with van der Waals surface area (Å²) in [6.45, 7) is 7.60. The van der Waals surface area contributed by atoms with Crippen LogP contribution in [0.15, 0.2) is 48.5 Å². The van der Waals surface area contributed by atoms with Gasteiger partial charge in [0.05, 0.1) is 0 Å². The van der Waals surface area contributed by atoms with Crippen LogP contribution in [-0.4, -0.2) is 61.6 Å². The number of benzene rings is 2. The molecule has 3 rings (SSSR count). The second-order valence-electron chi connectivity index (χ2n) is 7.82. The Morgan fingerprint density at radius 2 is 1.33 bits per heavy atom. The van der Waals surface area contributed by atoms with Crippen LogP contribution in [0.4, 0.5) is 8.78 Å². The van der Waals surface area contributed by atoms with Gasteiger partial charge in [-0.1, -0.05) is 24.3 Å². The lowest BCUT2D eigenvalue weighted by molar-refractivity contribution is -0.141. The average Bonchev–Trinajstić information content (AvgIpc) is 2.74. The van der Waals surface area contributed by atoms with Crippen LogP contribution in [0.2, 0.25) is 0 Å². The first-order valence-electron chi connectivity index (χ1n) is 10.6. The first-order chi connectivity index (χ1) is 14.5. The first kappa shape index (κ1) is 22.4. The molecule has 0 amide bonds. The zero-order valence-electron chi connectivity index (χ0n) is 17.5. The van der Waals surface area contributed by atoms with Crippen molar-refractivity contribution >= 4 is 5.97 Å². The lowest BCUT2D eigenvalue weighted by Gasteiger charge is -2.34. The normalized spacial score (nSPS) is 15.5. The SMILES string of the molecule is CC(=O)OCCN1CCN(CCCC(c2ccc(F)cc2)c2ccc(F)cc2)CC1. The summed E-state index contributed by atoms with van der Waals surface area (Å²) >= 11 is 0. The molecule has 0 unspecified atom stereocenters. The van der Waals surface area contributed by atoms with E-state index in [-0.39, 0.29) is 23.5 Å². The van der Waals surface area contributed by atoms with E-state index in [1.54, 1.807) is 0 Å². The highest BCUT2D eigenvalue weighted by molar-refractivity contribution is 5.65. The summed E-state index contributed by atoms with van der Waals surface area (Å²) in [5.41, 5.74) is 2.11. The average molecular weight is 417 g/mol. The maximum Gasteiger partial charge on any atom is 0.302 e. The van der Waals surface area contributed by atoms with E-state index < -0.39 is 0 Å². The van der Waals surface area contributed by atoms with Crippen LogP contribution in [-0.2, 0) is 9.53 Å². The lowest BCUT2D eigenvalue weighted by atomic mass is 9.87. The highest BCUT2D eigenvalue weighted by atomic mass is 19.1. The number of nitrogens with zero attached hydrogens (tertiary/aromatic N) is 2. The van der Waals surface area contributed by atoms with Gasteiger partial charge in [-0.3, -0.25) is 9.69 Å². The van der Waals surface area contributed by atoms with Crippen LogP contribution in [0.5, 0.6) is 0 Å². The Hall–Kier alpha value is -2.31. The van der Waals surface area contributed by atoms with Crippen molar-refractivity contribution in [3.8, 4) is 0 Å². The Morgan fingerprint density at radius 1 is 0.867 bits per heavy atom. The minimum absolute atomic E-state index is 0.121. The molecule has 0 bridgehead atoms. The molecule has 0 aliphatic carbocycles. The van der Waals surface area contributed by atoms with Gasteiger partial charge in [0.25, 0.3) is 0 Å². The van der Waals surface area contributed by atoms with Gasteiger partial charge >= 0.3 is 5.97 Å². The number of rotatable bonds is 9. The molecule has 0 saturated carbocycles. The van der Waals surface area contributed by atoms with Crippen LogP contribution >= 0.6 is 0 Å². The quantitative estimate of drug-likeness (QED) is 0.577. The number of ether oxygens (including phenoxy) is 1. The summed E-state index contributed by atoms with van der Waals surface area (Å²) in [5, 5.41) is 0. The number of halogens is 2. The molecule has 0 N–H and O–H groups in total. The topological polar surface area (TPSA) is 32.8 Å². The van der Waals surface area contributed by atoms with Crippen LogP contribution in [0.25, 0.3) is 0 Å². The summed E-state index contributed by atoms with van der Waals surface area (Å²) in [7, 11) is 0. The van der Waals surface area contributed by atoms with Gasteiger partial charge in [-0.25, -0.2) is 8.78 Å². The monoisotopic (exact) mass is 416 g/mol. The predicted molar refractivity (Wildman–Crippen MR) is 113 cm³/mol. The van der Waals surface area contributed by atoms with Gasteiger partial charge < -0.3 is 9.64 Å². The van der Waals surface area contributed by atoms with E-state index in [9.17, 15) is 13.6 Å². The molecular weight excluding hydrogens is 386 g/mol. The maximum absolute atomic E-state index is 13.4. The zero-order chi connectivity index (χ0) is 21.3. The summed E-state index contributed by atoms with van der Waals surface area (Å²) < 4.78 is 31.7. The van der Waals surface area contributed by atoms with Crippen molar-refractivity contribution in [2.45, 2.75) is 25.7 Å². The van der Waals surface area contributed by atoms with Crippen molar-refractivity contribution in [1.29, 1.82) is 0 Å². The van der Waals surface area contributed by atoms with E-state index in [0.717, 1.165) is 63.2 Å². The van der Waals surface area contributed by atoms with Gasteiger partial charge in [-0.2, -0.15) is 0 Å². The fourth-order valence-electron chi connectivity index (χ4n) is 3.99. The molecule has 1 heterocycles. The molecule has 2 aromatic carbocycles. The van der Waals surface area contributed by atoms with E-state index in [4.69, 9.17) is 4.74 Å². The molecule has 2 aromatic rings. The zero-order valence-corrected chi connectivity index (χ0v) is 17.5. The molecule has 1 saturated heterocycles. The van der Waals surface area contributed by atoms with Gasteiger partial charge in [-0.05, 0) is 54.8 Å². The van der Waals surface area contributed by atoms with Gasteiger partial charge in [0.1, 0.15) is 18.2 Å². The highest BCUT2D eigenvalue weighted by Gasteiger charge is 2.19. The van der Waals surface area contributed by atoms with Crippen LogP contribution < -0.4 is 0 Å². The molecule has 0 atom stereocenters. The molecule has 6 heteroatoms. The second kappa shape index (κ2) is 11.2. The fraction of sp³-hybridized carbons (Fsp3) is 0.458. The molecule has 1 aliphatic heterocycles. The van der Waals surface area contributed by atoms with Crippen molar-refractivity contribution < 1.29 is 18.3 Å². The van der Waals surface area contributed by atoms with E-state index in [1.807, 2.05) is 24.3 Å². The lowest BCUT2D eigenvalue weighted by Crippen LogP contribution is -2.47. The van der Waals surface area contributed by atoms with Crippen molar-refractivity contribution in [2.24, 2.45) is 0 Å². The molecule has 0 spiro atoms. The van der Waals surface area contributed by atoms with E-state index in [2.05, 4.69) is 9.80 Å².